The van der Waals surface area contributed by atoms with E-state index in [1.807, 2.05) is 19.9 Å². The van der Waals surface area contributed by atoms with Gasteiger partial charge in [0.05, 0.1) is 10.2 Å². The summed E-state index contributed by atoms with van der Waals surface area (Å²) in [5.74, 6) is -0.567. The maximum Gasteiger partial charge on any atom is 0.354 e. The number of fused-ring (bicyclic) bond motifs is 1. The Morgan fingerprint density at radius 3 is 2.88 bits per heavy atom. The van der Waals surface area contributed by atoms with Gasteiger partial charge in [0.2, 0.25) is 0 Å². The number of hydrogen-bond donors (Lipinski definition) is 1. The number of aromatic carboxylic acids is 1. The molecule has 2 aromatic heterocycles. The highest BCUT2D eigenvalue weighted by molar-refractivity contribution is 9.10. The van der Waals surface area contributed by atoms with Crippen molar-refractivity contribution in [2.24, 2.45) is 5.92 Å². The van der Waals surface area contributed by atoms with Crippen LogP contribution >= 0.6 is 15.9 Å². The molecule has 0 saturated heterocycles. The predicted molar refractivity (Wildman–Crippen MR) is 68.4 cm³/mol. The van der Waals surface area contributed by atoms with Gasteiger partial charge in [-0.3, -0.25) is 4.40 Å². The Hall–Kier alpha value is -1.36. The van der Waals surface area contributed by atoms with Crippen LogP contribution in [0.4, 0.5) is 0 Å². The zero-order valence-electron chi connectivity index (χ0n) is 9.64. The maximum atomic E-state index is 11.3. The molecule has 0 unspecified atom stereocenters. The Morgan fingerprint density at radius 2 is 2.29 bits per heavy atom. The van der Waals surface area contributed by atoms with E-state index < -0.39 is 5.97 Å². The molecule has 2 rings (SSSR count). The van der Waals surface area contributed by atoms with E-state index in [9.17, 15) is 9.90 Å². The van der Waals surface area contributed by atoms with Gasteiger partial charge in [0.1, 0.15) is 0 Å². The van der Waals surface area contributed by atoms with E-state index in [0.29, 0.717) is 23.7 Å². The Labute approximate surface area is 107 Å². The van der Waals surface area contributed by atoms with E-state index in [1.54, 1.807) is 16.7 Å². The average molecular weight is 297 g/mol. The van der Waals surface area contributed by atoms with Crippen molar-refractivity contribution in [1.82, 2.24) is 9.38 Å². The summed E-state index contributed by atoms with van der Waals surface area (Å²) in [6.45, 7) is 4.09. The molecule has 1 N–H and O–H groups in total. The molecule has 2 heterocycles. The number of carboxylic acid groups (broad SMARTS) is 1. The van der Waals surface area contributed by atoms with Gasteiger partial charge in [-0.15, -0.1) is 0 Å². The molecule has 17 heavy (non-hydrogen) atoms. The molecule has 0 aliphatic carbocycles. The third-order valence-electron chi connectivity index (χ3n) is 2.48. The second-order valence-electron chi connectivity index (χ2n) is 4.36. The molecule has 0 spiro atoms. The summed E-state index contributed by atoms with van der Waals surface area (Å²) in [5, 5.41) is 9.28. The number of hydrogen-bond acceptors (Lipinski definition) is 2. The van der Waals surface area contributed by atoms with Gasteiger partial charge in [0.25, 0.3) is 0 Å². The van der Waals surface area contributed by atoms with Crippen LogP contribution in [0.1, 0.15) is 30.0 Å². The molecule has 0 atom stereocenters. The summed E-state index contributed by atoms with van der Waals surface area (Å²) in [4.78, 5) is 15.7. The van der Waals surface area contributed by atoms with Gasteiger partial charge >= 0.3 is 5.97 Å². The summed E-state index contributed by atoms with van der Waals surface area (Å²) >= 11 is 3.38. The SMILES string of the molecule is CC(C)Cc1nc2c(Br)cccn2c1C(=O)O. The summed E-state index contributed by atoms with van der Waals surface area (Å²) < 4.78 is 2.42. The van der Waals surface area contributed by atoms with E-state index in [0.717, 1.165) is 4.47 Å². The van der Waals surface area contributed by atoms with Crippen molar-refractivity contribution in [3.05, 3.63) is 34.2 Å². The van der Waals surface area contributed by atoms with Crippen molar-refractivity contribution in [2.45, 2.75) is 20.3 Å². The van der Waals surface area contributed by atoms with Crippen LogP contribution in [-0.4, -0.2) is 20.5 Å². The van der Waals surface area contributed by atoms with E-state index in [4.69, 9.17) is 0 Å². The van der Waals surface area contributed by atoms with E-state index in [2.05, 4.69) is 20.9 Å². The number of imidazole rings is 1. The van der Waals surface area contributed by atoms with Crippen LogP contribution < -0.4 is 0 Å². The van der Waals surface area contributed by atoms with Crippen molar-refractivity contribution in [3.8, 4) is 0 Å². The Balaban J connectivity index is 2.70. The van der Waals surface area contributed by atoms with Gasteiger partial charge in [-0.25, -0.2) is 9.78 Å². The average Bonchev–Trinajstić information content (AvgIpc) is 2.56. The lowest BCUT2D eigenvalue weighted by molar-refractivity contribution is 0.0688. The van der Waals surface area contributed by atoms with Crippen LogP contribution in [0, 0.1) is 5.92 Å². The largest absolute Gasteiger partial charge is 0.477 e. The van der Waals surface area contributed by atoms with Gasteiger partial charge in [-0.05, 0) is 40.4 Å². The summed E-state index contributed by atoms with van der Waals surface area (Å²) in [7, 11) is 0. The smallest absolute Gasteiger partial charge is 0.354 e. The molecule has 90 valence electrons. The second-order valence-corrected chi connectivity index (χ2v) is 5.21. The minimum Gasteiger partial charge on any atom is -0.477 e. The van der Waals surface area contributed by atoms with Crippen molar-refractivity contribution in [1.29, 1.82) is 0 Å². The fourth-order valence-corrected chi connectivity index (χ4v) is 2.27. The number of aromatic nitrogens is 2. The summed E-state index contributed by atoms with van der Waals surface area (Å²) in [6.07, 6.45) is 2.39. The van der Waals surface area contributed by atoms with Crippen molar-refractivity contribution < 1.29 is 9.90 Å². The zero-order valence-corrected chi connectivity index (χ0v) is 11.2. The van der Waals surface area contributed by atoms with Gasteiger partial charge in [0.15, 0.2) is 11.3 Å². The summed E-state index contributed by atoms with van der Waals surface area (Å²) in [6, 6.07) is 3.65. The van der Waals surface area contributed by atoms with Crippen molar-refractivity contribution in [3.63, 3.8) is 0 Å². The standard InChI is InChI=1S/C12H13BrN2O2/c1-7(2)6-9-10(12(16)17)15-5-3-4-8(13)11(15)14-9/h3-5,7H,6H2,1-2H3,(H,16,17). The van der Waals surface area contributed by atoms with Crippen molar-refractivity contribution >= 4 is 27.5 Å². The molecule has 0 amide bonds. The Kier molecular flexibility index (Phi) is 3.19. The lowest BCUT2D eigenvalue weighted by atomic mass is 10.1. The quantitative estimate of drug-likeness (QED) is 0.947. The minimum atomic E-state index is -0.939. The fourth-order valence-electron chi connectivity index (χ4n) is 1.84. The molecule has 2 aromatic rings. The number of pyridine rings is 1. The molecule has 0 aromatic carbocycles. The number of nitrogens with zero attached hydrogens (tertiary/aromatic N) is 2. The number of carboxylic acids is 1. The van der Waals surface area contributed by atoms with Crippen LogP contribution in [0.5, 0.6) is 0 Å². The van der Waals surface area contributed by atoms with Gasteiger partial charge in [-0.2, -0.15) is 0 Å². The Morgan fingerprint density at radius 1 is 1.59 bits per heavy atom. The lowest BCUT2D eigenvalue weighted by Crippen LogP contribution is -2.07. The number of carbonyl (C=O) groups is 1. The number of rotatable bonds is 3. The fraction of sp³-hybridized carbons (Fsp3) is 0.333. The van der Waals surface area contributed by atoms with Crippen LogP contribution in [0.25, 0.3) is 5.65 Å². The first-order chi connectivity index (χ1) is 8.00. The zero-order chi connectivity index (χ0) is 12.6. The molecule has 0 radical (unpaired) electrons. The first kappa shape index (κ1) is 12.1. The first-order valence-corrected chi connectivity index (χ1v) is 6.18. The first-order valence-electron chi connectivity index (χ1n) is 5.39. The summed E-state index contributed by atoms with van der Waals surface area (Å²) in [5.41, 5.74) is 1.55. The van der Waals surface area contributed by atoms with Crippen LogP contribution in [0.15, 0.2) is 22.8 Å². The third kappa shape index (κ3) is 2.20. The maximum absolute atomic E-state index is 11.3. The van der Waals surface area contributed by atoms with E-state index in [-0.39, 0.29) is 5.69 Å². The number of halogens is 1. The Bertz CT molecular complexity index is 575. The normalized spacial score (nSPS) is 11.3. The van der Waals surface area contributed by atoms with E-state index in [1.165, 1.54) is 0 Å². The molecule has 0 saturated carbocycles. The molecule has 0 aliphatic rings. The van der Waals surface area contributed by atoms with Gasteiger partial charge < -0.3 is 5.11 Å². The van der Waals surface area contributed by atoms with Crippen LogP contribution in [0.2, 0.25) is 0 Å². The highest BCUT2D eigenvalue weighted by Gasteiger charge is 2.19. The molecular formula is C12H13BrN2O2. The van der Waals surface area contributed by atoms with Crippen LogP contribution in [0.3, 0.4) is 0 Å². The highest BCUT2D eigenvalue weighted by Crippen LogP contribution is 2.22. The lowest BCUT2D eigenvalue weighted by Gasteiger charge is -2.02. The van der Waals surface area contributed by atoms with Gasteiger partial charge in [-0.1, -0.05) is 13.8 Å². The van der Waals surface area contributed by atoms with Gasteiger partial charge in [0, 0.05) is 6.20 Å². The molecule has 5 heteroatoms. The topological polar surface area (TPSA) is 54.6 Å². The molecule has 0 aliphatic heterocycles. The molecule has 0 bridgehead atoms. The molecule has 4 nitrogen and oxygen atoms in total. The minimum absolute atomic E-state index is 0.259. The predicted octanol–water partition coefficient (Wildman–Crippen LogP) is 2.99. The van der Waals surface area contributed by atoms with Crippen molar-refractivity contribution in [2.75, 3.05) is 0 Å². The van der Waals surface area contributed by atoms with Crippen LogP contribution in [-0.2, 0) is 6.42 Å². The van der Waals surface area contributed by atoms with E-state index >= 15 is 0 Å². The molecule has 0 fully saturated rings. The molecular weight excluding hydrogens is 284 g/mol. The second kappa shape index (κ2) is 4.49. The highest BCUT2D eigenvalue weighted by atomic mass is 79.9. The third-order valence-corrected chi connectivity index (χ3v) is 3.10. The monoisotopic (exact) mass is 296 g/mol.